The molecule has 134 valence electrons. The summed E-state index contributed by atoms with van der Waals surface area (Å²) in [5.74, 6) is 0.517. The van der Waals surface area contributed by atoms with Crippen LogP contribution in [0.15, 0.2) is 53.7 Å². The Kier molecular flexibility index (Phi) is 8.14. The molecule has 1 aliphatic rings. The van der Waals surface area contributed by atoms with Gasteiger partial charge in [0.1, 0.15) is 0 Å². The summed E-state index contributed by atoms with van der Waals surface area (Å²) in [6.45, 7) is 4.53. The standard InChI is InChI=1S/C19H25N5.HI/c20-19(22-11-8-18-7-3-4-10-21-18)23-12-14-24-13-9-16-5-1-2-6-17(16)15-24;/h1-7,10H,8-9,11-15H2,(H3,20,22,23);1H. The predicted octanol–water partition coefficient (Wildman–Crippen LogP) is 2.20. The van der Waals surface area contributed by atoms with Crippen LogP contribution in [-0.2, 0) is 19.4 Å². The Morgan fingerprint density at radius 2 is 1.96 bits per heavy atom. The minimum atomic E-state index is 0. The molecule has 0 radical (unpaired) electrons. The van der Waals surface area contributed by atoms with Crippen molar-refractivity contribution in [2.75, 3.05) is 26.2 Å². The lowest BCUT2D eigenvalue weighted by Gasteiger charge is -2.28. The van der Waals surface area contributed by atoms with Crippen LogP contribution >= 0.6 is 24.0 Å². The molecule has 0 fully saturated rings. The Morgan fingerprint density at radius 3 is 2.76 bits per heavy atom. The van der Waals surface area contributed by atoms with Crippen LogP contribution in [0.4, 0.5) is 0 Å². The molecule has 3 rings (SSSR count). The lowest BCUT2D eigenvalue weighted by Crippen LogP contribution is -2.35. The molecular formula is C19H26IN5. The van der Waals surface area contributed by atoms with Gasteiger partial charge in [0.25, 0.3) is 0 Å². The summed E-state index contributed by atoms with van der Waals surface area (Å²) in [4.78, 5) is 11.2. The first-order valence-electron chi connectivity index (χ1n) is 8.54. The van der Waals surface area contributed by atoms with E-state index in [1.54, 1.807) is 0 Å². The quantitative estimate of drug-likeness (QED) is 0.402. The largest absolute Gasteiger partial charge is 0.370 e. The molecule has 3 N–H and O–H groups in total. The molecular weight excluding hydrogens is 425 g/mol. The molecule has 0 spiro atoms. The number of fused-ring (bicyclic) bond motifs is 1. The Labute approximate surface area is 166 Å². The number of nitrogens with zero attached hydrogens (tertiary/aromatic N) is 3. The summed E-state index contributed by atoms with van der Waals surface area (Å²) in [5, 5.41) is 3.15. The van der Waals surface area contributed by atoms with E-state index >= 15 is 0 Å². The van der Waals surface area contributed by atoms with Crippen LogP contribution in [0, 0.1) is 0 Å². The van der Waals surface area contributed by atoms with E-state index in [2.05, 4.69) is 44.5 Å². The summed E-state index contributed by atoms with van der Waals surface area (Å²) < 4.78 is 0. The first-order chi connectivity index (χ1) is 11.8. The minimum absolute atomic E-state index is 0. The third-order valence-corrected chi connectivity index (χ3v) is 4.32. The van der Waals surface area contributed by atoms with Gasteiger partial charge in [0.15, 0.2) is 5.96 Å². The van der Waals surface area contributed by atoms with Crippen LogP contribution in [0.2, 0.25) is 0 Å². The van der Waals surface area contributed by atoms with E-state index in [1.165, 1.54) is 11.1 Å². The molecule has 1 aromatic carbocycles. The zero-order valence-corrected chi connectivity index (χ0v) is 16.7. The molecule has 25 heavy (non-hydrogen) atoms. The summed E-state index contributed by atoms with van der Waals surface area (Å²) in [5.41, 5.74) is 9.91. The first-order valence-corrected chi connectivity index (χ1v) is 8.54. The van der Waals surface area contributed by atoms with Crippen LogP contribution in [-0.4, -0.2) is 42.0 Å². The fourth-order valence-electron chi connectivity index (χ4n) is 2.98. The molecule has 0 saturated carbocycles. The van der Waals surface area contributed by atoms with Gasteiger partial charge >= 0.3 is 0 Å². The normalized spacial score (nSPS) is 14.5. The molecule has 0 amide bonds. The lowest BCUT2D eigenvalue weighted by atomic mass is 10.0. The highest BCUT2D eigenvalue weighted by Crippen LogP contribution is 2.17. The number of rotatable bonds is 6. The smallest absolute Gasteiger partial charge is 0.188 e. The minimum Gasteiger partial charge on any atom is -0.370 e. The van der Waals surface area contributed by atoms with E-state index in [-0.39, 0.29) is 24.0 Å². The van der Waals surface area contributed by atoms with Crippen molar-refractivity contribution in [3.05, 3.63) is 65.5 Å². The van der Waals surface area contributed by atoms with E-state index < -0.39 is 0 Å². The fourth-order valence-corrected chi connectivity index (χ4v) is 2.98. The molecule has 1 aliphatic heterocycles. The van der Waals surface area contributed by atoms with Gasteiger partial charge in [0.2, 0.25) is 0 Å². The predicted molar refractivity (Wildman–Crippen MR) is 113 cm³/mol. The van der Waals surface area contributed by atoms with Gasteiger partial charge in [-0.1, -0.05) is 30.3 Å². The van der Waals surface area contributed by atoms with Crippen molar-refractivity contribution in [2.24, 2.45) is 10.7 Å². The van der Waals surface area contributed by atoms with Gasteiger partial charge in [-0.2, -0.15) is 0 Å². The SMILES string of the molecule is I.NC(=NCCN1CCc2ccccc2C1)NCCc1ccccn1. The molecule has 0 aliphatic carbocycles. The summed E-state index contributed by atoms with van der Waals surface area (Å²) in [7, 11) is 0. The molecule has 0 bridgehead atoms. The maximum absolute atomic E-state index is 5.93. The highest BCUT2D eigenvalue weighted by atomic mass is 127. The number of aromatic nitrogens is 1. The van der Waals surface area contributed by atoms with Crippen molar-refractivity contribution >= 4 is 29.9 Å². The molecule has 6 heteroatoms. The number of nitrogens with one attached hydrogen (secondary N) is 1. The molecule has 0 saturated heterocycles. The lowest BCUT2D eigenvalue weighted by molar-refractivity contribution is 0.261. The van der Waals surface area contributed by atoms with Gasteiger partial charge in [0, 0.05) is 44.5 Å². The van der Waals surface area contributed by atoms with E-state index in [1.807, 2.05) is 24.4 Å². The monoisotopic (exact) mass is 451 g/mol. The molecule has 1 aromatic heterocycles. The molecule has 5 nitrogen and oxygen atoms in total. The number of hydrogen-bond acceptors (Lipinski definition) is 3. The van der Waals surface area contributed by atoms with Gasteiger partial charge in [-0.25, -0.2) is 0 Å². The topological polar surface area (TPSA) is 66.5 Å². The van der Waals surface area contributed by atoms with Crippen LogP contribution in [0.25, 0.3) is 0 Å². The maximum atomic E-state index is 5.93. The average molecular weight is 451 g/mol. The number of halogens is 1. The summed E-state index contributed by atoms with van der Waals surface area (Å²) in [6, 6.07) is 14.6. The van der Waals surface area contributed by atoms with Crippen molar-refractivity contribution in [2.45, 2.75) is 19.4 Å². The van der Waals surface area contributed by atoms with Crippen LogP contribution < -0.4 is 11.1 Å². The Balaban J connectivity index is 0.00000225. The fraction of sp³-hybridized carbons (Fsp3) is 0.368. The zero-order valence-electron chi connectivity index (χ0n) is 14.4. The molecule has 0 unspecified atom stereocenters. The van der Waals surface area contributed by atoms with Crippen LogP contribution in [0.1, 0.15) is 16.8 Å². The van der Waals surface area contributed by atoms with E-state index in [0.717, 1.165) is 51.3 Å². The van der Waals surface area contributed by atoms with E-state index in [9.17, 15) is 0 Å². The van der Waals surface area contributed by atoms with Gasteiger partial charge < -0.3 is 11.1 Å². The first kappa shape index (κ1) is 19.7. The number of nitrogens with two attached hydrogens (primary N) is 1. The second kappa shape index (κ2) is 10.4. The number of pyridine rings is 1. The third kappa shape index (κ3) is 6.28. The second-order valence-corrected chi connectivity index (χ2v) is 6.06. The van der Waals surface area contributed by atoms with Crippen LogP contribution in [0.5, 0.6) is 0 Å². The van der Waals surface area contributed by atoms with E-state index in [4.69, 9.17) is 5.73 Å². The number of aliphatic imine (C=N–C) groups is 1. The molecule has 2 heterocycles. The van der Waals surface area contributed by atoms with Gasteiger partial charge in [0.05, 0.1) is 6.54 Å². The molecule has 2 aromatic rings. The van der Waals surface area contributed by atoms with Crippen molar-refractivity contribution in [1.82, 2.24) is 15.2 Å². The molecule has 0 atom stereocenters. The number of benzene rings is 1. The van der Waals surface area contributed by atoms with Crippen molar-refractivity contribution in [3.63, 3.8) is 0 Å². The Morgan fingerprint density at radius 1 is 1.16 bits per heavy atom. The number of hydrogen-bond donors (Lipinski definition) is 2. The number of guanidine groups is 1. The average Bonchev–Trinajstić information content (AvgIpc) is 2.62. The van der Waals surface area contributed by atoms with Gasteiger partial charge in [-0.15, -0.1) is 24.0 Å². The van der Waals surface area contributed by atoms with Gasteiger partial charge in [-0.3, -0.25) is 14.9 Å². The highest BCUT2D eigenvalue weighted by molar-refractivity contribution is 14.0. The maximum Gasteiger partial charge on any atom is 0.188 e. The van der Waals surface area contributed by atoms with Crippen molar-refractivity contribution in [3.8, 4) is 0 Å². The summed E-state index contributed by atoms with van der Waals surface area (Å²) in [6.07, 6.45) is 3.78. The highest BCUT2D eigenvalue weighted by Gasteiger charge is 2.14. The van der Waals surface area contributed by atoms with Crippen molar-refractivity contribution in [1.29, 1.82) is 0 Å². The van der Waals surface area contributed by atoms with E-state index in [0.29, 0.717) is 5.96 Å². The Hall–Kier alpha value is -1.67. The second-order valence-electron chi connectivity index (χ2n) is 6.06. The van der Waals surface area contributed by atoms with Crippen molar-refractivity contribution < 1.29 is 0 Å². The zero-order chi connectivity index (χ0) is 16.6. The van der Waals surface area contributed by atoms with Gasteiger partial charge in [-0.05, 0) is 29.7 Å². The summed E-state index contributed by atoms with van der Waals surface area (Å²) >= 11 is 0. The Bertz CT molecular complexity index is 675. The third-order valence-electron chi connectivity index (χ3n) is 4.32. The van der Waals surface area contributed by atoms with Crippen LogP contribution in [0.3, 0.4) is 0 Å².